The predicted octanol–water partition coefficient (Wildman–Crippen LogP) is 3.40. The quantitative estimate of drug-likeness (QED) is 0.445. The smallest absolute Gasteiger partial charge is 0.0463 e. The highest BCUT2D eigenvalue weighted by molar-refractivity contribution is 7.81. The average Bonchev–Trinajstić information content (AvgIpc) is 2.38. The minimum atomic E-state index is 0.922. The van der Waals surface area contributed by atoms with Crippen molar-refractivity contribution in [1.29, 1.82) is 0 Å². The number of thiocarbonyl (C=S) groups is 1. The maximum absolute atomic E-state index is 5.38. The van der Waals surface area contributed by atoms with Crippen molar-refractivity contribution < 1.29 is 0 Å². The van der Waals surface area contributed by atoms with E-state index in [0.29, 0.717) is 0 Å². The van der Waals surface area contributed by atoms with Gasteiger partial charge in [0.1, 0.15) is 0 Å². The number of allylic oxidation sites excluding steroid dienone is 1. The fourth-order valence-corrected chi connectivity index (χ4v) is 2.14. The van der Waals surface area contributed by atoms with E-state index >= 15 is 0 Å². The summed E-state index contributed by atoms with van der Waals surface area (Å²) in [6.07, 6.45) is 8.18. The number of nitrogens with zero attached hydrogens (tertiary/aromatic N) is 1. The van der Waals surface area contributed by atoms with Crippen LogP contribution >= 0.6 is 12.2 Å². The molecule has 1 saturated heterocycles. The molecule has 84 valence electrons. The van der Waals surface area contributed by atoms with Crippen molar-refractivity contribution in [3.8, 4) is 0 Å². The molecule has 0 N–H and O–H groups in total. The third kappa shape index (κ3) is 3.17. The van der Waals surface area contributed by atoms with Gasteiger partial charge in [0, 0.05) is 24.2 Å². The van der Waals surface area contributed by atoms with Gasteiger partial charge >= 0.3 is 0 Å². The maximum Gasteiger partial charge on any atom is 0.0463 e. The first kappa shape index (κ1) is 11.3. The van der Waals surface area contributed by atoms with Crippen molar-refractivity contribution in [2.24, 2.45) is 0 Å². The van der Waals surface area contributed by atoms with E-state index in [1.54, 1.807) is 0 Å². The minimum Gasteiger partial charge on any atom is -0.377 e. The molecule has 0 aliphatic carbocycles. The molecule has 0 radical (unpaired) electrons. The van der Waals surface area contributed by atoms with Crippen molar-refractivity contribution in [3.05, 3.63) is 48.2 Å². The van der Waals surface area contributed by atoms with Crippen LogP contribution in [0.4, 0.5) is 0 Å². The Labute approximate surface area is 103 Å². The van der Waals surface area contributed by atoms with Crippen molar-refractivity contribution in [2.45, 2.75) is 19.3 Å². The largest absolute Gasteiger partial charge is 0.377 e. The molecule has 1 aromatic carbocycles. The lowest BCUT2D eigenvalue weighted by Crippen LogP contribution is -2.24. The van der Waals surface area contributed by atoms with Gasteiger partial charge in [-0.15, -0.1) is 0 Å². The number of hydrogen-bond acceptors (Lipinski definition) is 2. The van der Waals surface area contributed by atoms with Crippen LogP contribution in [0.3, 0.4) is 0 Å². The summed E-state index contributed by atoms with van der Waals surface area (Å²) >= 11 is 5.38. The molecule has 1 aromatic rings. The Hall–Kier alpha value is -1.15. The van der Waals surface area contributed by atoms with Crippen LogP contribution < -0.4 is 0 Å². The summed E-state index contributed by atoms with van der Waals surface area (Å²) in [4.78, 5) is 3.28. The maximum atomic E-state index is 5.38. The average molecular weight is 231 g/mol. The molecule has 1 aliphatic heterocycles. The Kier molecular flexibility index (Phi) is 4.11. The van der Waals surface area contributed by atoms with E-state index in [1.165, 1.54) is 32.4 Å². The molecule has 0 unspecified atom stereocenters. The summed E-state index contributed by atoms with van der Waals surface area (Å²) in [7, 11) is 0. The number of rotatable bonds is 3. The van der Waals surface area contributed by atoms with Crippen LogP contribution in [0.5, 0.6) is 0 Å². The second-order valence-electron chi connectivity index (χ2n) is 4.14. The van der Waals surface area contributed by atoms with E-state index in [4.69, 9.17) is 12.2 Å². The number of hydrogen-bond donors (Lipinski definition) is 0. The van der Waals surface area contributed by atoms with Crippen LogP contribution in [0.2, 0.25) is 0 Å². The third-order valence-electron chi connectivity index (χ3n) is 2.89. The Balaban J connectivity index is 1.94. The Morgan fingerprint density at radius 1 is 1.06 bits per heavy atom. The Morgan fingerprint density at radius 2 is 1.75 bits per heavy atom. The van der Waals surface area contributed by atoms with Crippen LogP contribution in [0, 0.1) is 0 Å². The van der Waals surface area contributed by atoms with Gasteiger partial charge in [-0.2, -0.15) is 0 Å². The highest BCUT2D eigenvalue weighted by atomic mass is 32.1. The summed E-state index contributed by atoms with van der Waals surface area (Å²) in [5.74, 6) is 0. The Bertz CT molecular complexity index is 364. The molecule has 0 saturated carbocycles. The molecule has 0 amide bonds. The molecule has 1 fully saturated rings. The minimum absolute atomic E-state index is 0.922. The van der Waals surface area contributed by atoms with Gasteiger partial charge in [-0.3, -0.25) is 0 Å². The van der Waals surface area contributed by atoms with Gasteiger partial charge in [0.2, 0.25) is 0 Å². The molecule has 1 heterocycles. The van der Waals surface area contributed by atoms with E-state index < -0.39 is 0 Å². The van der Waals surface area contributed by atoms with Gasteiger partial charge in [-0.05, 0) is 30.9 Å². The zero-order chi connectivity index (χ0) is 11.2. The number of piperidine rings is 1. The SMILES string of the molecule is S=C(/C=C/N1CCCCC1)c1ccccc1. The summed E-state index contributed by atoms with van der Waals surface area (Å²) in [6.45, 7) is 2.35. The lowest BCUT2D eigenvalue weighted by molar-refractivity contribution is 0.310. The first-order valence-corrected chi connectivity index (χ1v) is 6.29. The normalized spacial score (nSPS) is 16.6. The van der Waals surface area contributed by atoms with Crippen LogP contribution in [0.15, 0.2) is 42.6 Å². The molecule has 1 aliphatic rings. The molecule has 0 aromatic heterocycles. The van der Waals surface area contributed by atoms with Crippen molar-refractivity contribution in [1.82, 2.24) is 4.90 Å². The van der Waals surface area contributed by atoms with E-state index in [2.05, 4.69) is 29.3 Å². The lowest BCUT2D eigenvalue weighted by atomic mass is 10.1. The summed E-state index contributed by atoms with van der Waals surface area (Å²) in [5, 5.41) is 0. The molecule has 0 atom stereocenters. The van der Waals surface area contributed by atoms with Crippen LogP contribution in [-0.2, 0) is 0 Å². The zero-order valence-corrected chi connectivity index (χ0v) is 10.2. The molecular weight excluding hydrogens is 214 g/mol. The van der Waals surface area contributed by atoms with Gasteiger partial charge in [0.05, 0.1) is 0 Å². The van der Waals surface area contributed by atoms with Crippen molar-refractivity contribution in [2.75, 3.05) is 13.1 Å². The standard InChI is InChI=1S/C14H17NS/c16-14(13-7-3-1-4-8-13)9-12-15-10-5-2-6-11-15/h1,3-4,7-9,12H,2,5-6,10-11H2/b12-9+. The topological polar surface area (TPSA) is 3.24 Å². The first-order chi connectivity index (χ1) is 7.86. The molecule has 0 spiro atoms. The molecular formula is C14H17NS. The molecule has 1 nitrogen and oxygen atoms in total. The van der Waals surface area contributed by atoms with Crippen LogP contribution in [-0.4, -0.2) is 22.9 Å². The van der Waals surface area contributed by atoms with Gasteiger partial charge < -0.3 is 4.90 Å². The third-order valence-corrected chi connectivity index (χ3v) is 3.26. The van der Waals surface area contributed by atoms with E-state index in [-0.39, 0.29) is 0 Å². The van der Waals surface area contributed by atoms with Crippen LogP contribution in [0.25, 0.3) is 0 Å². The summed E-state index contributed by atoms with van der Waals surface area (Å²) < 4.78 is 0. The van der Waals surface area contributed by atoms with Gasteiger partial charge in [0.25, 0.3) is 0 Å². The highest BCUT2D eigenvalue weighted by Crippen LogP contribution is 2.09. The van der Waals surface area contributed by atoms with Gasteiger partial charge in [-0.25, -0.2) is 0 Å². The predicted molar refractivity (Wildman–Crippen MR) is 72.7 cm³/mol. The number of benzene rings is 1. The summed E-state index contributed by atoms with van der Waals surface area (Å²) in [6, 6.07) is 10.2. The fourth-order valence-electron chi connectivity index (χ4n) is 1.94. The first-order valence-electron chi connectivity index (χ1n) is 5.88. The number of likely N-dealkylation sites (tertiary alicyclic amines) is 1. The van der Waals surface area contributed by atoms with E-state index in [0.717, 1.165) is 10.4 Å². The lowest BCUT2D eigenvalue weighted by Gasteiger charge is -2.24. The zero-order valence-electron chi connectivity index (χ0n) is 9.43. The summed E-state index contributed by atoms with van der Waals surface area (Å²) in [5.41, 5.74) is 1.13. The van der Waals surface area contributed by atoms with E-state index in [1.807, 2.05) is 18.2 Å². The molecule has 16 heavy (non-hydrogen) atoms. The second-order valence-corrected chi connectivity index (χ2v) is 4.58. The molecule has 0 bridgehead atoms. The molecule has 2 rings (SSSR count). The van der Waals surface area contributed by atoms with Gasteiger partial charge in [-0.1, -0.05) is 42.5 Å². The van der Waals surface area contributed by atoms with Gasteiger partial charge in [0.15, 0.2) is 0 Å². The van der Waals surface area contributed by atoms with E-state index in [9.17, 15) is 0 Å². The van der Waals surface area contributed by atoms with Crippen LogP contribution in [0.1, 0.15) is 24.8 Å². The van der Waals surface area contributed by atoms with Crippen molar-refractivity contribution in [3.63, 3.8) is 0 Å². The monoisotopic (exact) mass is 231 g/mol. The Morgan fingerprint density at radius 3 is 2.44 bits per heavy atom. The second kappa shape index (κ2) is 5.80. The van der Waals surface area contributed by atoms with Crippen molar-refractivity contribution >= 4 is 17.1 Å². The molecule has 2 heteroatoms. The fraction of sp³-hybridized carbons (Fsp3) is 0.357. The highest BCUT2D eigenvalue weighted by Gasteiger charge is 2.05.